The summed E-state index contributed by atoms with van der Waals surface area (Å²) in [4.78, 5) is 9.32. The number of aliphatic imine (C=N–C) groups is 1. The lowest BCUT2D eigenvalue weighted by molar-refractivity contribution is 0.250. The lowest BCUT2D eigenvalue weighted by atomic mass is 10.2. The molecule has 1 aromatic rings. The molecule has 122 valence electrons. The fourth-order valence-corrected chi connectivity index (χ4v) is 3.09. The van der Waals surface area contributed by atoms with Gasteiger partial charge in [-0.3, -0.25) is 9.89 Å². The fourth-order valence-electron chi connectivity index (χ4n) is 3.09. The minimum Gasteiger partial charge on any atom is -0.370 e. The van der Waals surface area contributed by atoms with Crippen LogP contribution in [0, 0.1) is 0 Å². The van der Waals surface area contributed by atoms with Crippen molar-refractivity contribution in [3.8, 4) is 0 Å². The third-order valence-electron chi connectivity index (χ3n) is 4.65. The van der Waals surface area contributed by atoms with Gasteiger partial charge in [0.05, 0.1) is 6.54 Å². The number of hydrogen-bond acceptors (Lipinski definition) is 2. The van der Waals surface area contributed by atoms with E-state index < -0.39 is 0 Å². The molecule has 0 amide bonds. The Kier molecular flexibility index (Phi) is 6.50. The van der Waals surface area contributed by atoms with Crippen LogP contribution >= 0.6 is 24.0 Å². The molecule has 0 spiro atoms. The first kappa shape index (κ1) is 17.5. The molecule has 1 unspecified atom stereocenters. The Morgan fingerprint density at radius 3 is 2.68 bits per heavy atom. The molecule has 0 aromatic heterocycles. The molecule has 2 N–H and O–H groups in total. The highest BCUT2D eigenvalue weighted by atomic mass is 127. The second kappa shape index (κ2) is 8.15. The summed E-state index contributed by atoms with van der Waals surface area (Å²) in [7, 11) is 2.06. The Balaban J connectivity index is 0.00000176. The molecule has 22 heavy (non-hydrogen) atoms. The molecule has 1 aromatic carbocycles. The maximum Gasteiger partial charge on any atom is 0.191 e. The van der Waals surface area contributed by atoms with Gasteiger partial charge in [0.1, 0.15) is 0 Å². The van der Waals surface area contributed by atoms with Crippen molar-refractivity contribution in [1.82, 2.24) is 9.80 Å². The zero-order valence-corrected chi connectivity index (χ0v) is 15.6. The fraction of sp³-hybridized carbons (Fsp3) is 0.588. The first-order chi connectivity index (χ1) is 10.2. The molecular formula is C17H27IN4. The summed E-state index contributed by atoms with van der Waals surface area (Å²) in [6.45, 7) is 3.03. The molecule has 4 nitrogen and oxygen atoms in total. The van der Waals surface area contributed by atoms with E-state index in [1.54, 1.807) is 0 Å². The van der Waals surface area contributed by atoms with E-state index >= 15 is 0 Å². The molecule has 1 heterocycles. The van der Waals surface area contributed by atoms with Gasteiger partial charge in [0, 0.05) is 25.7 Å². The summed E-state index contributed by atoms with van der Waals surface area (Å²) in [5.41, 5.74) is 7.48. The smallest absolute Gasteiger partial charge is 0.191 e. The number of nitrogens with zero attached hydrogens (tertiary/aromatic N) is 3. The summed E-state index contributed by atoms with van der Waals surface area (Å²) in [6.07, 6.45) is 5.02. The Labute approximate surface area is 150 Å². The van der Waals surface area contributed by atoms with Crippen molar-refractivity contribution in [1.29, 1.82) is 0 Å². The van der Waals surface area contributed by atoms with Crippen molar-refractivity contribution in [2.45, 2.75) is 44.3 Å². The van der Waals surface area contributed by atoms with Crippen LogP contribution in [0.4, 0.5) is 0 Å². The maximum absolute atomic E-state index is 6.09. The number of benzene rings is 1. The van der Waals surface area contributed by atoms with Crippen molar-refractivity contribution in [2.75, 3.05) is 20.1 Å². The molecule has 3 rings (SSSR count). The van der Waals surface area contributed by atoms with Crippen LogP contribution in [0.1, 0.15) is 31.2 Å². The van der Waals surface area contributed by atoms with Crippen LogP contribution in [0.15, 0.2) is 35.3 Å². The summed E-state index contributed by atoms with van der Waals surface area (Å²) in [5, 5.41) is 0. The van der Waals surface area contributed by atoms with E-state index in [1.165, 1.54) is 37.8 Å². The van der Waals surface area contributed by atoms with E-state index in [9.17, 15) is 0 Å². The zero-order valence-electron chi connectivity index (χ0n) is 13.3. The first-order valence-corrected chi connectivity index (χ1v) is 8.05. The molecule has 1 saturated heterocycles. The molecule has 1 saturated carbocycles. The monoisotopic (exact) mass is 414 g/mol. The molecule has 2 fully saturated rings. The Morgan fingerprint density at radius 2 is 2.00 bits per heavy atom. The van der Waals surface area contributed by atoms with Gasteiger partial charge < -0.3 is 10.6 Å². The SMILES string of the molecule is CN(C(N)=NCC1CCCN1Cc1ccccc1)C1CC1.I. The van der Waals surface area contributed by atoms with E-state index in [0.29, 0.717) is 18.0 Å². The molecule has 1 atom stereocenters. The lowest BCUT2D eigenvalue weighted by Crippen LogP contribution is -2.38. The average Bonchev–Trinajstić information content (AvgIpc) is 3.27. The Bertz CT molecular complexity index is 487. The number of hydrogen-bond donors (Lipinski definition) is 1. The van der Waals surface area contributed by atoms with Crippen LogP contribution < -0.4 is 5.73 Å². The summed E-state index contributed by atoms with van der Waals surface area (Å²) in [5.74, 6) is 0.712. The average molecular weight is 414 g/mol. The molecule has 1 aliphatic carbocycles. The van der Waals surface area contributed by atoms with Crippen LogP contribution in [-0.2, 0) is 6.54 Å². The minimum atomic E-state index is 0. The van der Waals surface area contributed by atoms with Crippen molar-refractivity contribution in [2.24, 2.45) is 10.7 Å². The minimum absolute atomic E-state index is 0. The van der Waals surface area contributed by atoms with E-state index in [0.717, 1.165) is 13.1 Å². The van der Waals surface area contributed by atoms with Crippen LogP contribution in [0.5, 0.6) is 0 Å². The quantitative estimate of drug-likeness (QED) is 0.458. The number of guanidine groups is 1. The van der Waals surface area contributed by atoms with Gasteiger partial charge in [0.15, 0.2) is 5.96 Å². The van der Waals surface area contributed by atoms with Gasteiger partial charge in [0.2, 0.25) is 0 Å². The molecular weight excluding hydrogens is 387 g/mol. The summed E-state index contributed by atoms with van der Waals surface area (Å²) < 4.78 is 0. The maximum atomic E-state index is 6.09. The lowest BCUT2D eigenvalue weighted by Gasteiger charge is -2.24. The largest absolute Gasteiger partial charge is 0.370 e. The zero-order chi connectivity index (χ0) is 14.7. The van der Waals surface area contributed by atoms with E-state index in [2.05, 4.69) is 52.2 Å². The summed E-state index contributed by atoms with van der Waals surface area (Å²) >= 11 is 0. The number of halogens is 1. The van der Waals surface area contributed by atoms with Crippen LogP contribution in [0.3, 0.4) is 0 Å². The summed E-state index contributed by atoms with van der Waals surface area (Å²) in [6, 6.07) is 11.9. The number of likely N-dealkylation sites (tertiary alicyclic amines) is 1. The van der Waals surface area contributed by atoms with Crippen molar-refractivity contribution in [3.63, 3.8) is 0 Å². The van der Waals surface area contributed by atoms with Crippen molar-refractivity contribution < 1.29 is 0 Å². The van der Waals surface area contributed by atoms with Crippen molar-refractivity contribution >= 4 is 29.9 Å². The van der Waals surface area contributed by atoms with Gasteiger partial charge in [-0.05, 0) is 37.8 Å². The Morgan fingerprint density at radius 1 is 1.27 bits per heavy atom. The first-order valence-electron chi connectivity index (χ1n) is 8.05. The molecule has 0 radical (unpaired) electrons. The number of nitrogens with two attached hydrogens (primary N) is 1. The van der Waals surface area contributed by atoms with Gasteiger partial charge in [0.25, 0.3) is 0 Å². The molecule has 5 heteroatoms. The van der Waals surface area contributed by atoms with E-state index in [1.807, 2.05) is 0 Å². The highest BCUT2D eigenvalue weighted by Crippen LogP contribution is 2.25. The van der Waals surface area contributed by atoms with Crippen LogP contribution in [0.2, 0.25) is 0 Å². The predicted molar refractivity (Wildman–Crippen MR) is 103 cm³/mol. The van der Waals surface area contributed by atoms with E-state index in [-0.39, 0.29) is 24.0 Å². The highest BCUT2D eigenvalue weighted by Gasteiger charge is 2.28. The van der Waals surface area contributed by atoms with Crippen molar-refractivity contribution in [3.05, 3.63) is 35.9 Å². The Hall–Kier alpha value is -0.820. The normalized spacial score (nSPS) is 22.4. The van der Waals surface area contributed by atoms with Gasteiger partial charge in [-0.25, -0.2) is 0 Å². The predicted octanol–water partition coefficient (Wildman–Crippen LogP) is 2.68. The second-order valence-corrected chi connectivity index (χ2v) is 6.29. The topological polar surface area (TPSA) is 44.9 Å². The van der Waals surface area contributed by atoms with Crippen LogP contribution in [0.25, 0.3) is 0 Å². The van der Waals surface area contributed by atoms with Gasteiger partial charge >= 0.3 is 0 Å². The number of rotatable bonds is 5. The third-order valence-corrected chi connectivity index (χ3v) is 4.65. The van der Waals surface area contributed by atoms with Gasteiger partial charge in [-0.15, -0.1) is 24.0 Å². The highest BCUT2D eigenvalue weighted by molar-refractivity contribution is 14.0. The standard InChI is InChI=1S/C17H26N4.HI/c1-20(15-9-10-15)17(18)19-12-16-8-5-11-21(16)13-14-6-3-2-4-7-14;/h2-4,6-7,15-16H,5,8-13H2,1H3,(H2,18,19);1H. The molecule has 1 aliphatic heterocycles. The van der Waals surface area contributed by atoms with Gasteiger partial charge in [-0.2, -0.15) is 0 Å². The molecule has 2 aliphatic rings. The molecule has 0 bridgehead atoms. The second-order valence-electron chi connectivity index (χ2n) is 6.29. The van der Waals surface area contributed by atoms with E-state index in [4.69, 9.17) is 5.73 Å². The van der Waals surface area contributed by atoms with Gasteiger partial charge in [-0.1, -0.05) is 30.3 Å². The third kappa shape index (κ3) is 4.59. The van der Waals surface area contributed by atoms with Crippen LogP contribution in [-0.4, -0.2) is 48.0 Å².